The van der Waals surface area contributed by atoms with Crippen LogP contribution in [0.2, 0.25) is 10.0 Å². The number of thioether (sulfide) groups is 1. The smallest absolute Gasteiger partial charge is 0.254 e. The number of likely N-dealkylation sites (N-methyl/N-ethyl adjacent to an activating group) is 1. The highest BCUT2D eigenvalue weighted by Crippen LogP contribution is 2.47. The molecule has 2 aliphatic rings. The van der Waals surface area contributed by atoms with Crippen molar-refractivity contribution in [1.29, 1.82) is 5.26 Å². The number of amides is 1. The summed E-state index contributed by atoms with van der Waals surface area (Å²) in [6, 6.07) is 6.64. The zero-order valence-corrected chi connectivity index (χ0v) is 18.0. The van der Waals surface area contributed by atoms with Gasteiger partial charge in [0.25, 0.3) is 5.91 Å². The van der Waals surface area contributed by atoms with Gasteiger partial charge < -0.3 is 10.6 Å². The van der Waals surface area contributed by atoms with E-state index in [1.165, 1.54) is 11.8 Å². The number of benzene rings is 1. The molecule has 0 radical (unpaired) electrons. The lowest BCUT2D eigenvalue weighted by molar-refractivity contribution is -0.127. The third kappa shape index (κ3) is 3.37. The normalized spacial score (nSPS) is 18.8. The van der Waals surface area contributed by atoms with E-state index in [1.54, 1.807) is 34.9 Å². The summed E-state index contributed by atoms with van der Waals surface area (Å²) in [5, 5.41) is 10.9. The van der Waals surface area contributed by atoms with Crippen LogP contribution in [0.25, 0.3) is 0 Å². The number of rotatable bonds is 4. The van der Waals surface area contributed by atoms with Gasteiger partial charge in [0.2, 0.25) is 0 Å². The first-order chi connectivity index (χ1) is 13.3. The summed E-state index contributed by atoms with van der Waals surface area (Å²) in [6.07, 6.45) is 0. The SMILES string of the molecule is CCN(CC)C(=O)C1=C(C)N=C2SC(C#N)=C(N)N2[C@H]1c1ccc(Cl)cc1Cl. The average Bonchev–Trinajstić information content (AvgIpc) is 2.97. The van der Waals surface area contributed by atoms with Crippen LogP contribution in [-0.2, 0) is 4.79 Å². The molecule has 1 amide bonds. The molecule has 0 fully saturated rings. The van der Waals surface area contributed by atoms with Gasteiger partial charge in [0.15, 0.2) is 5.17 Å². The van der Waals surface area contributed by atoms with Gasteiger partial charge >= 0.3 is 0 Å². The monoisotopic (exact) mass is 435 g/mol. The largest absolute Gasteiger partial charge is 0.383 e. The Bertz CT molecular complexity index is 975. The molecule has 1 atom stereocenters. The standard InChI is InChI=1S/C19H19Cl2N5OS/c1-4-25(5-2)18(27)15-10(3)24-19-26(17(23)14(9-22)28-19)16(15)12-7-6-11(20)8-13(12)21/h6-8,16H,4-5,23H2,1-3H3/t16-/m0/s1. The van der Waals surface area contributed by atoms with Crippen molar-refractivity contribution < 1.29 is 4.79 Å². The lowest BCUT2D eigenvalue weighted by Gasteiger charge is -2.37. The Kier molecular flexibility index (Phi) is 5.94. The molecule has 3 rings (SSSR count). The average molecular weight is 436 g/mol. The summed E-state index contributed by atoms with van der Waals surface area (Å²) in [4.78, 5) is 21.7. The van der Waals surface area contributed by atoms with Crippen LogP contribution in [0, 0.1) is 11.3 Å². The van der Waals surface area contributed by atoms with Gasteiger partial charge in [0.05, 0.1) is 17.3 Å². The first-order valence-electron chi connectivity index (χ1n) is 8.74. The van der Waals surface area contributed by atoms with Crippen molar-refractivity contribution in [2.75, 3.05) is 13.1 Å². The second kappa shape index (κ2) is 8.08. The van der Waals surface area contributed by atoms with E-state index in [0.717, 1.165) is 0 Å². The number of fused-ring (bicyclic) bond motifs is 1. The molecule has 1 aromatic carbocycles. The molecule has 0 aliphatic carbocycles. The number of carbonyl (C=O) groups is 1. The van der Waals surface area contributed by atoms with E-state index < -0.39 is 6.04 Å². The molecule has 2 N–H and O–H groups in total. The summed E-state index contributed by atoms with van der Waals surface area (Å²) in [5.74, 6) is 0.129. The van der Waals surface area contributed by atoms with Crippen molar-refractivity contribution in [3.8, 4) is 6.07 Å². The summed E-state index contributed by atoms with van der Waals surface area (Å²) < 4.78 is 0. The number of nitrogens with two attached hydrogens (primary N) is 1. The van der Waals surface area contributed by atoms with Gasteiger partial charge in [-0.1, -0.05) is 29.3 Å². The quantitative estimate of drug-likeness (QED) is 0.763. The molecular formula is C19H19Cl2N5OS. The van der Waals surface area contributed by atoms with Crippen molar-refractivity contribution in [2.24, 2.45) is 10.7 Å². The first-order valence-corrected chi connectivity index (χ1v) is 10.3. The molecule has 0 aromatic heterocycles. The lowest BCUT2D eigenvalue weighted by atomic mass is 9.93. The number of carbonyl (C=O) groups excluding carboxylic acids is 1. The lowest BCUT2D eigenvalue weighted by Crippen LogP contribution is -2.42. The van der Waals surface area contributed by atoms with E-state index in [-0.39, 0.29) is 11.7 Å². The highest BCUT2D eigenvalue weighted by Gasteiger charge is 2.43. The molecule has 9 heteroatoms. The van der Waals surface area contributed by atoms with Crippen LogP contribution < -0.4 is 5.73 Å². The van der Waals surface area contributed by atoms with E-state index in [0.29, 0.717) is 50.0 Å². The number of allylic oxidation sites excluding steroid dienone is 2. The maximum atomic E-state index is 13.4. The van der Waals surface area contributed by atoms with Crippen LogP contribution in [0.4, 0.5) is 0 Å². The summed E-state index contributed by atoms with van der Waals surface area (Å²) in [6.45, 7) is 6.76. The van der Waals surface area contributed by atoms with Gasteiger partial charge in [-0.25, -0.2) is 4.99 Å². The molecule has 0 saturated heterocycles. The highest BCUT2D eigenvalue weighted by atomic mass is 35.5. The van der Waals surface area contributed by atoms with E-state index in [9.17, 15) is 10.1 Å². The minimum atomic E-state index is -0.594. The Hall–Kier alpha value is -2.14. The van der Waals surface area contributed by atoms with Gasteiger partial charge in [-0.3, -0.25) is 9.69 Å². The van der Waals surface area contributed by atoms with Crippen molar-refractivity contribution in [1.82, 2.24) is 9.80 Å². The van der Waals surface area contributed by atoms with Crippen molar-refractivity contribution >= 4 is 46.0 Å². The third-order valence-electron chi connectivity index (χ3n) is 4.72. The Morgan fingerprint density at radius 2 is 2.07 bits per heavy atom. The Morgan fingerprint density at radius 1 is 1.39 bits per heavy atom. The number of hydrogen-bond acceptors (Lipinski definition) is 6. The molecule has 1 aromatic rings. The van der Waals surface area contributed by atoms with Gasteiger partial charge in [0, 0.05) is 23.1 Å². The van der Waals surface area contributed by atoms with E-state index in [1.807, 2.05) is 13.8 Å². The fraction of sp³-hybridized carbons (Fsp3) is 0.316. The molecular weight excluding hydrogens is 417 g/mol. The van der Waals surface area contributed by atoms with Gasteiger partial charge in [-0.2, -0.15) is 5.26 Å². The summed E-state index contributed by atoms with van der Waals surface area (Å²) in [7, 11) is 0. The highest BCUT2D eigenvalue weighted by molar-refractivity contribution is 8.17. The molecule has 0 saturated carbocycles. The van der Waals surface area contributed by atoms with E-state index in [4.69, 9.17) is 28.9 Å². The predicted molar refractivity (Wildman–Crippen MR) is 114 cm³/mol. The number of nitriles is 1. The van der Waals surface area contributed by atoms with Crippen molar-refractivity contribution in [3.63, 3.8) is 0 Å². The van der Waals surface area contributed by atoms with Gasteiger partial charge in [-0.15, -0.1) is 0 Å². The maximum Gasteiger partial charge on any atom is 0.254 e. The van der Waals surface area contributed by atoms with E-state index >= 15 is 0 Å². The van der Waals surface area contributed by atoms with Crippen LogP contribution in [0.3, 0.4) is 0 Å². The number of aliphatic imine (C=N–C) groups is 1. The summed E-state index contributed by atoms with van der Waals surface area (Å²) in [5.41, 5.74) is 8.01. The molecule has 146 valence electrons. The minimum Gasteiger partial charge on any atom is -0.383 e. The zero-order chi connectivity index (χ0) is 20.6. The Labute approximate surface area is 178 Å². The number of hydrogen-bond donors (Lipinski definition) is 1. The number of amidine groups is 1. The molecule has 0 spiro atoms. The second-order valence-corrected chi connectivity index (χ2v) is 8.06. The third-order valence-corrected chi connectivity index (χ3v) is 6.25. The van der Waals surface area contributed by atoms with Crippen molar-refractivity contribution in [2.45, 2.75) is 26.8 Å². The maximum absolute atomic E-state index is 13.4. The molecule has 2 heterocycles. The Morgan fingerprint density at radius 3 is 2.64 bits per heavy atom. The molecule has 2 aliphatic heterocycles. The topological polar surface area (TPSA) is 85.7 Å². The van der Waals surface area contributed by atoms with Crippen molar-refractivity contribution in [3.05, 3.63) is 55.8 Å². The molecule has 6 nitrogen and oxygen atoms in total. The fourth-order valence-corrected chi connectivity index (χ4v) is 4.74. The van der Waals surface area contributed by atoms with Gasteiger partial charge in [0.1, 0.15) is 16.8 Å². The fourth-order valence-electron chi connectivity index (χ4n) is 3.31. The van der Waals surface area contributed by atoms with Crippen LogP contribution in [0.5, 0.6) is 0 Å². The molecule has 28 heavy (non-hydrogen) atoms. The van der Waals surface area contributed by atoms with Crippen LogP contribution in [0.15, 0.2) is 45.2 Å². The number of halogens is 2. The minimum absolute atomic E-state index is 0.135. The Balaban J connectivity index is 2.24. The van der Waals surface area contributed by atoms with Crippen LogP contribution >= 0.6 is 35.0 Å². The zero-order valence-electron chi connectivity index (χ0n) is 15.7. The molecule has 0 unspecified atom stereocenters. The molecule has 0 bridgehead atoms. The number of nitrogens with zero attached hydrogens (tertiary/aromatic N) is 4. The van der Waals surface area contributed by atoms with Crippen LogP contribution in [0.1, 0.15) is 32.4 Å². The van der Waals surface area contributed by atoms with Crippen LogP contribution in [-0.4, -0.2) is 34.0 Å². The first kappa shape index (κ1) is 20.6. The predicted octanol–water partition coefficient (Wildman–Crippen LogP) is 4.25. The summed E-state index contributed by atoms with van der Waals surface area (Å²) >= 11 is 13.8. The second-order valence-electron chi connectivity index (χ2n) is 6.24. The van der Waals surface area contributed by atoms with Gasteiger partial charge in [-0.05, 0) is 50.2 Å². The van der Waals surface area contributed by atoms with E-state index in [2.05, 4.69) is 11.1 Å².